The molecule has 0 fully saturated rings. The molecule has 1 amide bonds. The minimum Gasteiger partial charge on any atom is -0.349 e. The maximum Gasteiger partial charge on any atom is 0.270 e. The molecule has 0 bridgehead atoms. The van der Waals surface area contributed by atoms with E-state index >= 15 is 0 Å². The van der Waals surface area contributed by atoms with Crippen LogP contribution in [-0.2, 0) is 0 Å². The standard InChI is InChI=1S/C17H23N5O/c1-4-22(14-8-6-5-7-9-14)16-12-15(19-13-20-16)17(23)18-10-11-21(2)3/h5-9,12-13H,4,10-11H2,1-3H3,(H,18,23). The fourth-order valence-electron chi connectivity index (χ4n) is 2.19. The molecule has 122 valence electrons. The van der Waals surface area contributed by atoms with Gasteiger partial charge < -0.3 is 15.1 Å². The largest absolute Gasteiger partial charge is 0.349 e. The quantitative estimate of drug-likeness (QED) is 0.846. The lowest BCUT2D eigenvalue weighted by Crippen LogP contribution is -2.32. The molecular weight excluding hydrogens is 290 g/mol. The predicted molar refractivity (Wildman–Crippen MR) is 92.0 cm³/mol. The van der Waals surface area contributed by atoms with Crippen LogP contribution >= 0.6 is 0 Å². The average Bonchev–Trinajstić information content (AvgIpc) is 2.56. The summed E-state index contributed by atoms with van der Waals surface area (Å²) in [6.45, 7) is 4.17. The van der Waals surface area contributed by atoms with E-state index in [9.17, 15) is 4.79 Å². The van der Waals surface area contributed by atoms with Gasteiger partial charge in [-0.3, -0.25) is 4.79 Å². The topological polar surface area (TPSA) is 61.4 Å². The zero-order valence-corrected chi connectivity index (χ0v) is 13.9. The van der Waals surface area contributed by atoms with E-state index in [2.05, 4.69) is 15.3 Å². The van der Waals surface area contributed by atoms with Crippen molar-refractivity contribution < 1.29 is 4.79 Å². The molecule has 0 saturated heterocycles. The van der Waals surface area contributed by atoms with Gasteiger partial charge in [-0.05, 0) is 33.2 Å². The van der Waals surface area contributed by atoms with Gasteiger partial charge in [0.15, 0.2) is 0 Å². The van der Waals surface area contributed by atoms with Crippen LogP contribution in [0.3, 0.4) is 0 Å². The summed E-state index contributed by atoms with van der Waals surface area (Å²) in [6, 6.07) is 11.7. The highest BCUT2D eigenvalue weighted by molar-refractivity contribution is 5.93. The van der Waals surface area contributed by atoms with Crippen molar-refractivity contribution >= 4 is 17.4 Å². The molecule has 1 aromatic carbocycles. The number of nitrogens with one attached hydrogen (secondary N) is 1. The molecule has 0 aliphatic rings. The lowest BCUT2D eigenvalue weighted by atomic mass is 10.2. The third-order valence-corrected chi connectivity index (χ3v) is 3.39. The van der Waals surface area contributed by atoms with Crippen molar-refractivity contribution in [2.45, 2.75) is 6.92 Å². The minimum absolute atomic E-state index is 0.181. The summed E-state index contributed by atoms with van der Waals surface area (Å²) in [4.78, 5) is 24.6. The summed E-state index contributed by atoms with van der Waals surface area (Å²) in [5.74, 6) is 0.533. The molecule has 0 radical (unpaired) electrons. The Morgan fingerprint density at radius 2 is 1.91 bits per heavy atom. The molecule has 6 heteroatoms. The van der Waals surface area contributed by atoms with E-state index in [1.54, 1.807) is 6.07 Å². The molecule has 0 aliphatic heterocycles. The number of nitrogens with zero attached hydrogens (tertiary/aromatic N) is 4. The van der Waals surface area contributed by atoms with Gasteiger partial charge in [0, 0.05) is 31.4 Å². The van der Waals surface area contributed by atoms with Crippen molar-refractivity contribution in [2.75, 3.05) is 38.6 Å². The number of benzene rings is 1. The van der Waals surface area contributed by atoms with Crippen LogP contribution in [0.15, 0.2) is 42.7 Å². The third-order valence-electron chi connectivity index (χ3n) is 3.39. The molecule has 0 atom stereocenters. The van der Waals surface area contributed by atoms with Crippen LogP contribution in [-0.4, -0.2) is 54.5 Å². The SMILES string of the molecule is CCN(c1ccccc1)c1cc(C(=O)NCCN(C)C)ncn1. The number of anilines is 2. The van der Waals surface area contributed by atoms with E-state index in [0.29, 0.717) is 18.1 Å². The predicted octanol–water partition coefficient (Wildman–Crippen LogP) is 1.93. The summed E-state index contributed by atoms with van der Waals surface area (Å²) in [6.07, 6.45) is 1.43. The number of carbonyl (C=O) groups is 1. The molecule has 2 rings (SSSR count). The first-order valence-corrected chi connectivity index (χ1v) is 7.69. The molecule has 2 aromatic rings. The molecule has 0 aliphatic carbocycles. The number of amides is 1. The second-order valence-electron chi connectivity index (χ2n) is 5.40. The minimum atomic E-state index is -0.181. The van der Waals surface area contributed by atoms with E-state index in [-0.39, 0.29) is 5.91 Å². The van der Waals surface area contributed by atoms with Crippen molar-refractivity contribution in [1.29, 1.82) is 0 Å². The van der Waals surface area contributed by atoms with Gasteiger partial charge >= 0.3 is 0 Å². The first-order valence-electron chi connectivity index (χ1n) is 7.69. The van der Waals surface area contributed by atoms with Crippen molar-refractivity contribution in [3.63, 3.8) is 0 Å². The summed E-state index contributed by atoms with van der Waals surface area (Å²) in [7, 11) is 3.93. The van der Waals surface area contributed by atoms with Crippen LogP contribution in [0.4, 0.5) is 11.5 Å². The third kappa shape index (κ3) is 4.75. The Labute approximate surface area is 137 Å². The molecule has 0 unspecified atom stereocenters. The Morgan fingerprint density at radius 1 is 1.17 bits per heavy atom. The van der Waals surface area contributed by atoms with Crippen molar-refractivity contribution in [3.8, 4) is 0 Å². The lowest BCUT2D eigenvalue weighted by Gasteiger charge is -2.22. The number of likely N-dealkylation sites (N-methyl/N-ethyl adjacent to an activating group) is 1. The Morgan fingerprint density at radius 3 is 2.57 bits per heavy atom. The van der Waals surface area contributed by atoms with Crippen LogP contribution < -0.4 is 10.2 Å². The molecule has 0 spiro atoms. The fourth-order valence-corrected chi connectivity index (χ4v) is 2.19. The maximum absolute atomic E-state index is 12.2. The van der Waals surface area contributed by atoms with E-state index in [0.717, 1.165) is 18.8 Å². The summed E-state index contributed by atoms with van der Waals surface area (Å²) in [5, 5.41) is 2.86. The van der Waals surface area contributed by atoms with Gasteiger partial charge in [0.25, 0.3) is 5.91 Å². The van der Waals surface area contributed by atoms with Gasteiger partial charge in [-0.15, -0.1) is 0 Å². The highest BCUT2D eigenvalue weighted by atomic mass is 16.1. The van der Waals surface area contributed by atoms with Crippen molar-refractivity contribution in [3.05, 3.63) is 48.4 Å². The van der Waals surface area contributed by atoms with Crippen LogP contribution in [0.5, 0.6) is 0 Å². The number of carbonyl (C=O) groups excluding carboxylic acids is 1. The molecule has 6 nitrogen and oxygen atoms in total. The Hall–Kier alpha value is -2.47. The molecule has 1 aromatic heterocycles. The van der Waals surface area contributed by atoms with Crippen LogP contribution in [0, 0.1) is 0 Å². The lowest BCUT2D eigenvalue weighted by molar-refractivity contribution is 0.0946. The van der Waals surface area contributed by atoms with Gasteiger partial charge in [0.2, 0.25) is 0 Å². The van der Waals surface area contributed by atoms with Crippen LogP contribution in [0.1, 0.15) is 17.4 Å². The van der Waals surface area contributed by atoms with Gasteiger partial charge in [-0.25, -0.2) is 9.97 Å². The summed E-state index contributed by atoms with van der Waals surface area (Å²) < 4.78 is 0. The zero-order valence-electron chi connectivity index (χ0n) is 13.9. The van der Waals surface area contributed by atoms with E-state index < -0.39 is 0 Å². The van der Waals surface area contributed by atoms with Gasteiger partial charge in [-0.2, -0.15) is 0 Å². The van der Waals surface area contributed by atoms with Gasteiger partial charge in [0.05, 0.1) is 0 Å². The first-order chi connectivity index (χ1) is 11.1. The van der Waals surface area contributed by atoms with Crippen LogP contribution in [0.25, 0.3) is 0 Å². The molecular formula is C17H23N5O. The monoisotopic (exact) mass is 313 g/mol. The van der Waals surface area contributed by atoms with Crippen LogP contribution in [0.2, 0.25) is 0 Å². The second kappa shape index (κ2) is 8.24. The smallest absolute Gasteiger partial charge is 0.270 e. The number of aromatic nitrogens is 2. The van der Waals surface area contributed by atoms with E-state index in [1.807, 2.05) is 61.2 Å². The summed E-state index contributed by atoms with van der Waals surface area (Å²) >= 11 is 0. The second-order valence-corrected chi connectivity index (χ2v) is 5.40. The Bertz CT molecular complexity index is 630. The first kappa shape index (κ1) is 16.9. The number of hydrogen-bond donors (Lipinski definition) is 1. The highest BCUT2D eigenvalue weighted by Crippen LogP contribution is 2.22. The molecule has 1 N–H and O–H groups in total. The molecule has 0 saturated carbocycles. The van der Waals surface area contributed by atoms with E-state index in [4.69, 9.17) is 0 Å². The zero-order chi connectivity index (χ0) is 16.7. The van der Waals surface area contributed by atoms with E-state index in [1.165, 1.54) is 6.33 Å². The van der Waals surface area contributed by atoms with Crippen molar-refractivity contribution in [2.24, 2.45) is 0 Å². The molecule has 1 heterocycles. The maximum atomic E-state index is 12.2. The average molecular weight is 313 g/mol. The van der Waals surface area contributed by atoms with Gasteiger partial charge in [-0.1, -0.05) is 18.2 Å². The normalized spacial score (nSPS) is 10.6. The number of hydrogen-bond acceptors (Lipinski definition) is 5. The van der Waals surface area contributed by atoms with Gasteiger partial charge in [0.1, 0.15) is 17.8 Å². The number of para-hydroxylation sites is 1. The highest BCUT2D eigenvalue weighted by Gasteiger charge is 2.13. The number of rotatable bonds is 7. The summed E-state index contributed by atoms with van der Waals surface area (Å²) in [5.41, 5.74) is 1.41. The molecule has 23 heavy (non-hydrogen) atoms. The fraction of sp³-hybridized carbons (Fsp3) is 0.353. The van der Waals surface area contributed by atoms with Crippen molar-refractivity contribution in [1.82, 2.24) is 20.2 Å². The Kier molecular flexibility index (Phi) is 6.05. The Balaban J connectivity index is 2.13.